The maximum Gasteiger partial charge on any atom is 0.445 e. The lowest BCUT2D eigenvalue weighted by atomic mass is 10.0. The third kappa shape index (κ3) is 3.52. The molecule has 1 aliphatic heterocycles. The molecule has 0 bridgehead atoms. The number of hydrogen-bond acceptors (Lipinski definition) is 5. The van der Waals surface area contributed by atoms with E-state index in [1.807, 2.05) is 18.2 Å². The first-order valence-electron chi connectivity index (χ1n) is 6.63. The first-order chi connectivity index (χ1) is 10.9. The molecule has 2 amide bonds. The molecule has 6 nitrogen and oxygen atoms in total. The quantitative estimate of drug-likeness (QED) is 0.877. The van der Waals surface area contributed by atoms with E-state index in [0.29, 0.717) is 18.8 Å². The molecule has 0 unspecified atom stereocenters. The van der Waals surface area contributed by atoms with Crippen molar-refractivity contribution in [2.75, 3.05) is 11.9 Å². The highest BCUT2D eigenvalue weighted by Gasteiger charge is 2.36. The monoisotopic (exact) mass is 344 g/mol. The first kappa shape index (κ1) is 15.5. The molecule has 2 heterocycles. The molecule has 1 atom stereocenters. The van der Waals surface area contributed by atoms with Gasteiger partial charge in [-0.1, -0.05) is 29.5 Å². The van der Waals surface area contributed by atoms with E-state index in [9.17, 15) is 18.0 Å². The number of benzene rings is 1. The molecule has 0 spiro atoms. The van der Waals surface area contributed by atoms with Gasteiger partial charge in [0.15, 0.2) is 0 Å². The summed E-state index contributed by atoms with van der Waals surface area (Å²) in [5, 5.41) is 9.96. The van der Waals surface area contributed by atoms with E-state index in [2.05, 4.69) is 20.8 Å². The van der Waals surface area contributed by atoms with Crippen LogP contribution in [0, 0.1) is 0 Å². The van der Waals surface area contributed by atoms with Crippen LogP contribution in [0.25, 0.3) is 0 Å². The number of ether oxygens (including phenoxy) is 1. The molecule has 0 radical (unpaired) electrons. The van der Waals surface area contributed by atoms with Crippen LogP contribution in [0.4, 0.5) is 23.1 Å². The lowest BCUT2D eigenvalue weighted by molar-refractivity contribution is -0.138. The third-order valence-electron chi connectivity index (χ3n) is 3.15. The molecule has 2 aromatic rings. The van der Waals surface area contributed by atoms with Gasteiger partial charge in [0.25, 0.3) is 0 Å². The number of alkyl halides is 3. The number of rotatable bonds is 2. The maximum absolute atomic E-state index is 12.4. The molecule has 1 aromatic carbocycles. The number of nitrogens with zero attached hydrogens (tertiary/aromatic N) is 2. The van der Waals surface area contributed by atoms with Gasteiger partial charge in [-0.25, -0.2) is 4.79 Å². The van der Waals surface area contributed by atoms with Crippen LogP contribution in [0.3, 0.4) is 0 Å². The summed E-state index contributed by atoms with van der Waals surface area (Å²) in [7, 11) is 0. The fourth-order valence-electron chi connectivity index (χ4n) is 2.17. The number of hydrogen-bond donors (Lipinski definition) is 2. The Hall–Kier alpha value is -2.36. The van der Waals surface area contributed by atoms with Gasteiger partial charge < -0.3 is 10.1 Å². The van der Waals surface area contributed by atoms with E-state index in [1.54, 1.807) is 6.07 Å². The second-order valence-corrected chi connectivity index (χ2v) is 5.71. The van der Waals surface area contributed by atoms with Crippen molar-refractivity contribution in [3.63, 3.8) is 0 Å². The molecule has 0 saturated carbocycles. The van der Waals surface area contributed by atoms with Crippen molar-refractivity contribution in [2.45, 2.75) is 18.6 Å². The van der Waals surface area contributed by atoms with Gasteiger partial charge in [-0.05, 0) is 6.07 Å². The SMILES string of the molecule is O=C(Nc1nnc(C(F)(F)F)s1)N[C@H]1CCOc2ccccc21. The fourth-order valence-corrected chi connectivity index (χ4v) is 2.78. The molecule has 0 aliphatic carbocycles. The highest BCUT2D eigenvalue weighted by atomic mass is 32.1. The first-order valence-corrected chi connectivity index (χ1v) is 7.45. The zero-order valence-electron chi connectivity index (χ0n) is 11.6. The number of nitrogens with one attached hydrogen (secondary N) is 2. The summed E-state index contributed by atoms with van der Waals surface area (Å²) < 4.78 is 42.8. The number of halogens is 3. The molecule has 10 heteroatoms. The molecule has 1 aromatic heterocycles. The van der Waals surface area contributed by atoms with Crippen LogP contribution in [-0.2, 0) is 6.18 Å². The van der Waals surface area contributed by atoms with Crippen LogP contribution in [0.1, 0.15) is 23.0 Å². The predicted octanol–water partition coefficient (Wildman–Crippen LogP) is 3.20. The Labute approximate surface area is 132 Å². The van der Waals surface area contributed by atoms with Gasteiger partial charge in [0.05, 0.1) is 12.6 Å². The minimum absolute atomic E-state index is 0.213. The molecule has 2 N–H and O–H groups in total. The number of carbonyl (C=O) groups excluding carboxylic acids is 1. The molecule has 3 rings (SSSR count). The van der Waals surface area contributed by atoms with Gasteiger partial charge in [-0.3, -0.25) is 5.32 Å². The average Bonchev–Trinajstić information content (AvgIpc) is 2.96. The van der Waals surface area contributed by atoms with E-state index < -0.39 is 17.2 Å². The van der Waals surface area contributed by atoms with Gasteiger partial charge in [0.1, 0.15) is 5.75 Å². The summed E-state index contributed by atoms with van der Waals surface area (Å²) in [6.07, 6.45) is -4.01. The molecule has 122 valence electrons. The summed E-state index contributed by atoms with van der Waals surface area (Å²) >= 11 is 0.272. The van der Waals surface area contributed by atoms with Crippen LogP contribution >= 0.6 is 11.3 Å². The van der Waals surface area contributed by atoms with Gasteiger partial charge in [0, 0.05) is 12.0 Å². The van der Waals surface area contributed by atoms with Gasteiger partial charge in [-0.15, -0.1) is 10.2 Å². The summed E-state index contributed by atoms with van der Waals surface area (Å²) in [6.45, 7) is 0.443. The standard InChI is InChI=1S/C13H11F3N4O2S/c14-13(15,16)10-19-20-12(23-10)18-11(21)17-8-5-6-22-9-4-2-1-3-7(8)9/h1-4,8H,5-6H2,(H2,17,18,20,21)/t8-/m0/s1. The van der Waals surface area contributed by atoms with Crippen molar-refractivity contribution in [1.82, 2.24) is 15.5 Å². The summed E-state index contributed by atoms with van der Waals surface area (Å²) in [6, 6.07) is 6.33. The van der Waals surface area contributed by atoms with Gasteiger partial charge in [0.2, 0.25) is 10.1 Å². The number of para-hydroxylation sites is 1. The van der Waals surface area contributed by atoms with Crippen molar-refractivity contribution in [3.05, 3.63) is 34.8 Å². The van der Waals surface area contributed by atoms with E-state index >= 15 is 0 Å². The van der Waals surface area contributed by atoms with Crippen molar-refractivity contribution in [3.8, 4) is 5.75 Å². The summed E-state index contributed by atoms with van der Waals surface area (Å²) in [4.78, 5) is 11.9. The van der Waals surface area contributed by atoms with Gasteiger partial charge >= 0.3 is 12.2 Å². The normalized spacial score (nSPS) is 17.1. The molecule has 0 fully saturated rings. The average molecular weight is 344 g/mol. The lowest BCUT2D eigenvalue weighted by Crippen LogP contribution is -2.35. The van der Waals surface area contributed by atoms with Crippen LogP contribution in [0.15, 0.2) is 24.3 Å². The Morgan fingerprint density at radius 2 is 2.09 bits per heavy atom. The second-order valence-electron chi connectivity index (χ2n) is 4.74. The van der Waals surface area contributed by atoms with Crippen LogP contribution in [-0.4, -0.2) is 22.8 Å². The van der Waals surface area contributed by atoms with Crippen LogP contribution < -0.4 is 15.4 Å². The van der Waals surface area contributed by atoms with Crippen molar-refractivity contribution >= 4 is 22.5 Å². The van der Waals surface area contributed by atoms with E-state index in [0.717, 1.165) is 5.56 Å². The van der Waals surface area contributed by atoms with E-state index in [1.165, 1.54) is 0 Å². The predicted molar refractivity (Wildman–Crippen MR) is 76.4 cm³/mol. The highest BCUT2D eigenvalue weighted by Crippen LogP contribution is 2.33. The second kappa shape index (κ2) is 6.03. The minimum atomic E-state index is -4.58. The number of carbonyl (C=O) groups is 1. The van der Waals surface area contributed by atoms with Crippen LogP contribution in [0.5, 0.6) is 5.75 Å². The third-order valence-corrected chi connectivity index (χ3v) is 4.04. The minimum Gasteiger partial charge on any atom is -0.493 e. The topological polar surface area (TPSA) is 76.1 Å². The molecule has 0 saturated heterocycles. The molecule has 1 aliphatic rings. The zero-order chi connectivity index (χ0) is 16.4. The maximum atomic E-state index is 12.4. The lowest BCUT2D eigenvalue weighted by Gasteiger charge is -2.26. The zero-order valence-corrected chi connectivity index (χ0v) is 12.4. The highest BCUT2D eigenvalue weighted by molar-refractivity contribution is 7.15. The number of aromatic nitrogens is 2. The number of urea groups is 1. The Balaban J connectivity index is 1.65. The molecule has 23 heavy (non-hydrogen) atoms. The van der Waals surface area contributed by atoms with Gasteiger partial charge in [-0.2, -0.15) is 13.2 Å². The number of amides is 2. The summed E-state index contributed by atoms with van der Waals surface area (Å²) in [5.41, 5.74) is 0.821. The molecular weight excluding hydrogens is 333 g/mol. The Bertz CT molecular complexity index is 719. The van der Waals surface area contributed by atoms with E-state index in [-0.39, 0.29) is 22.5 Å². The van der Waals surface area contributed by atoms with E-state index in [4.69, 9.17) is 4.74 Å². The molecular formula is C13H11F3N4O2S. The Morgan fingerprint density at radius 1 is 1.30 bits per heavy atom. The summed E-state index contributed by atoms with van der Waals surface area (Å²) in [5.74, 6) is 0.680. The van der Waals surface area contributed by atoms with Crippen molar-refractivity contribution in [1.29, 1.82) is 0 Å². The largest absolute Gasteiger partial charge is 0.493 e. The number of anilines is 1. The van der Waals surface area contributed by atoms with Crippen molar-refractivity contribution in [2.24, 2.45) is 0 Å². The van der Waals surface area contributed by atoms with Crippen LogP contribution in [0.2, 0.25) is 0 Å². The fraction of sp³-hybridized carbons (Fsp3) is 0.308. The Morgan fingerprint density at radius 3 is 2.83 bits per heavy atom. The Kier molecular flexibility index (Phi) is 4.07. The van der Waals surface area contributed by atoms with Crippen molar-refractivity contribution < 1.29 is 22.7 Å². The number of fused-ring (bicyclic) bond motifs is 1. The smallest absolute Gasteiger partial charge is 0.445 e.